The fourth-order valence-corrected chi connectivity index (χ4v) is 7.11. The lowest BCUT2D eigenvalue weighted by Gasteiger charge is -2.10. The van der Waals surface area contributed by atoms with Crippen LogP contribution in [0.2, 0.25) is 0 Å². The van der Waals surface area contributed by atoms with Gasteiger partial charge < -0.3 is 4.42 Å². The molecule has 10 rings (SSSR count). The minimum absolute atomic E-state index is 0.694. The molecule has 49 heavy (non-hydrogen) atoms. The first-order chi connectivity index (χ1) is 24.3. The number of furan rings is 1. The zero-order valence-electron chi connectivity index (χ0n) is 26.3. The van der Waals surface area contributed by atoms with Crippen molar-refractivity contribution in [3.05, 3.63) is 164 Å². The first-order valence-corrected chi connectivity index (χ1v) is 16.4. The Kier molecular flexibility index (Phi) is 6.15. The van der Waals surface area contributed by atoms with Crippen LogP contribution in [0.3, 0.4) is 0 Å². The molecule has 0 aliphatic carbocycles. The summed E-state index contributed by atoms with van der Waals surface area (Å²) < 4.78 is 6.44. The van der Waals surface area contributed by atoms with Gasteiger partial charge in [-0.1, -0.05) is 127 Å². The molecule has 0 saturated carbocycles. The van der Waals surface area contributed by atoms with E-state index < -0.39 is 0 Å². The first-order valence-electron chi connectivity index (χ1n) is 16.4. The van der Waals surface area contributed by atoms with Crippen molar-refractivity contribution in [1.29, 1.82) is 0 Å². The van der Waals surface area contributed by atoms with Gasteiger partial charge in [0.1, 0.15) is 11.1 Å². The predicted octanol–water partition coefficient (Wildman–Crippen LogP) is 11.9. The Morgan fingerprint density at radius 3 is 1.51 bits per heavy atom. The highest BCUT2D eigenvalue weighted by atomic mass is 16.3. The minimum Gasteiger partial charge on any atom is -0.454 e. The van der Waals surface area contributed by atoms with E-state index in [4.69, 9.17) is 19.4 Å². The number of rotatable bonds is 4. The van der Waals surface area contributed by atoms with Gasteiger partial charge in [0.2, 0.25) is 0 Å². The van der Waals surface area contributed by atoms with Crippen LogP contribution < -0.4 is 0 Å². The van der Waals surface area contributed by atoms with E-state index in [0.717, 1.165) is 61.4 Å². The fourth-order valence-electron chi connectivity index (χ4n) is 7.11. The molecular formula is C45H27N3O. The summed E-state index contributed by atoms with van der Waals surface area (Å²) in [6, 6.07) is 56.7. The van der Waals surface area contributed by atoms with Crippen molar-refractivity contribution in [2.45, 2.75) is 0 Å². The molecule has 0 aliphatic heterocycles. The highest BCUT2D eigenvalue weighted by Crippen LogP contribution is 2.40. The maximum absolute atomic E-state index is 6.44. The van der Waals surface area contributed by atoms with Crippen LogP contribution in [0.1, 0.15) is 0 Å². The third kappa shape index (κ3) is 4.57. The second-order valence-electron chi connectivity index (χ2n) is 12.4. The minimum atomic E-state index is 0.694. The molecule has 0 atom stereocenters. The number of hydrogen-bond acceptors (Lipinski definition) is 4. The van der Waals surface area contributed by atoms with Crippen LogP contribution in [-0.4, -0.2) is 15.0 Å². The van der Waals surface area contributed by atoms with Crippen LogP contribution in [0.5, 0.6) is 0 Å². The average molecular weight is 626 g/mol. The Balaban J connectivity index is 1.13. The summed E-state index contributed by atoms with van der Waals surface area (Å²) in [7, 11) is 0. The van der Waals surface area contributed by atoms with Crippen molar-refractivity contribution in [1.82, 2.24) is 15.0 Å². The van der Waals surface area contributed by atoms with Gasteiger partial charge in [0.05, 0.1) is 17.1 Å². The van der Waals surface area contributed by atoms with Gasteiger partial charge in [-0.15, -0.1) is 0 Å². The molecule has 0 unspecified atom stereocenters. The normalized spacial score (nSPS) is 11.7. The number of pyridine rings is 1. The number of benzene rings is 7. The number of hydrogen-bond donors (Lipinski definition) is 0. The Labute approximate surface area is 282 Å². The SMILES string of the molecule is c1ccc(-c2cc(-c3cccc(-c4ccc5oc6cc7c8ccccc8c8ccccc8c7cc6c5n4)c3)nc(-c3ccccc3)n2)cc1. The van der Waals surface area contributed by atoms with Crippen LogP contribution in [0, 0.1) is 0 Å². The molecule has 4 heteroatoms. The summed E-state index contributed by atoms with van der Waals surface area (Å²) in [6.45, 7) is 0. The van der Waals surface area contributed by atoms with Crippen LogP contribution in [-0.2, 0) is 0 Å². The molecule has 0 bridgehead atoms. The Bertz CT molecular complexity index is 2820. The maximum atomic E-state index is 6.44. The van der Waals surface area contributed by atoms with Crippen LogP contribution in [0.25, 0.3) is 99.5 Å². The zero-order valence-corrected chi connectivity index (χ0v) is 26.3. The number of nitrogens with zero attached hydrogens (tertiary/aromatic N) is 3. The molecule has 0 saturated heterocycles. The van der Waals surface area contributed by atoms with E-state index in [1.807, 2.05) is 60.7 Å². The molecule has 0 fully saturated rings. The second-order valence-corrected chi connectivity index (χ2v) is 12.4. The number of fused-ring (bicyclic) bond motifs is 9. The van der Waals surface area contributed by atoms with Crippen LogP contribution in [0.15, 0.2) is 168 Å². The molecule has 10 aromatic rings. The van der Waals surface area contributed by atoms with Crippen LogP contribution >= 0.6 is 0 Å². The molecule has 4 nitrogen and oxygen atoms in total. The van der Waals surface area contributed by atoms with E-state index in [1.54, 1.807) is 0 Å². The molecule has 0 radical (unpaired) electrons. The van der Waals surface area contributed by atoms with Gasteiger partial charge in [0, 0.05) is 27.6 Å². The molecule has 0 amide bonds. The van der Waals surface area contributed by atoms with Crippen molar-refractivity contribution in [2.24, 2.45) is 0 Å². The molecular weight excluding hydrogens is 599 g/mol. The van der Waals surface area contributed by atoms with Crippen molar-refractivity contribution in [3.8, 4) is 45.2 Å². The lowest BCUT2D eigenvalue weighted by atomic mass is 9.93. The Hall–Kier alpha value is -6.65. The topological polar surface area (TPSA) is 51.8 Å². The standard InChI is InChI=1S/C45H27N3O/c1-3-12-28(13-4-1)40-27-41(48-45(47-40)29-14-5-2-6-15-29)31-17-11-16-30(24-31)39-22-23-42-44(46-39)38-25-36-34-20-9-7-18-32(34)33-19-8-10-21-35(33)37(36)26-43(38)49-42/h1-27H. The van der Waals surface area contributed by atoms with E-state index in [1.165, 1.54) is 32.3 Å². The van der Waals surface area contributed by atoms with Crippen molar-refractivity contribution < 1.29 is 4.42 Å². The molecule has 0 N–H and O–H groups in total. The van der Waals surface area contributed by atoms with Gasteiger partial charge >= 0.3 is 0 Å². The highest BCUT2D eigenvalue weighted by Gasteiger charge is 2.16. The quantitative estimate of drug-likeness (QED) is 0.183. The third-order valence-corrected chi connectivity index (χ3v) is 9.46. The summed E-state index contributed by atoms with van der Waals surface area (Å²) in [5, 5.41) is 8.34. The lowest BCUT2D eigenvalue weighted by Crippen LogP contribution is -1.96. The average Bonchev–Trinajstić information content (AvgIpc) is 3.55. The zero-order chi connectivity index (χ0) is 32.3. The van der Waals surface area contributed by atoms with Gasteiger partial charge in [-0.2, -0.15) is 0 Å². The summed E-state index contributed by atoms with van der Waals surface area (Å²) in [6.07, 6.45) is 0. The predicted molar refractivity (Wildman–Crippen MR) is 201 cm³/mol. The monoisotopic (exact) mass is 625 g/mol. The summed E-state index contributed by atoms with van der Waals surface area (Å²) in [4.78, 5) is 15.2. The molecule has 3 heterocycles. The summed E-state index contributed by atoms with van der Waals surface area (Å²) in [5.74, 6) is 0.694. The van der Waals surface area contributed by atoms with Gasteiger partial charge in [-0.3, -0.25) is 0 Å². The van der Waals surface area contributed by atoms with E-state index >= 15 is 0 Å². The van der Waals surface area contributed by atoms with Gasteiger partial charge in [0.25, 0.3) is 0 Å². The highest BCUT2D eigenvalue weighted by molar-refractivity contribution is 6.28. The number of aromatic nitrogens is 3. The molecule has 3 aromatic heterocycles. The van der Waals surface area contributed by atoms with E-state index in [0.29, 0.717) is 5.82 Å². The van der Waals surface area contributed by atoms with E-state index in [-0.39, 0.29) is 0 Å². The Morgan fingerprint density at radius 1 is 0.306 bits per heavy atom. The molecule has 7 aromatic carbocycles. The van der Waals surface area contributed by atoms with Crippen molar-refractivity contribution in [3.63, 3.8) is 0 Å². The van der Waals surface area contributed by atoms with Gasteiger partial charge in [-0.05, 0) is 68.7 Å². The van der Waals surface area contributed by atoms with E-state index in [2.05, 4.69) is 103 Å². The smallest absolute Gasteiger partial charge is 0.160 e. The Morgan fingerprint density at radius 2 is 0.837 bits per heavy atom. The lowest BCUT2D eigenvalue weighted by molar-refractivity contribution is 0.669. The van der Waals surface area contributed by atoms with Crippen molar-refractivity contribution >= 4 is 54.4 Å². The maximum Gasteiger partial charge on any atom is 0.160 e. The molecule has 0 aliphatic rings. The second kappa shape index (κ2) is 11.0. The van der Waals surface area contributed by atoms with E-state index in [9.17, 15) is 0 Å². The van der Waals surface area contributed by atoms with Crippen LogP contribution in [0.4, 0.5) is 0 Å². The van der Waals surface area contributed by atoms with Gasteiger partial charge in [0.15, 0.2) is 11.4 Å². The fraction of sp³-hybridized carbons (Fsp3) is 0. The van der Waals surface area contributed by atoms with Crippen molar-refractivity contribution in [2.75, 3.05) is 0 Å². The summed E-state index contributed by atoms with van der Waals surface area (Å²) in [5.41, 5.74) is 9.11. The van der Waals surface area contributed by atoms with Gasteiger partial charge in [-0.25, -0.2) is 15.0 Å². The largest absolute Gasteiger partial charge is 0.454 e. The molecule has 228 valence electrons. The first kappa shape index (κ1) is 27.5. The summed E-state index contributed by atoms with van der Waals surface area (Å²) >= 11 is 0. The third-order valence-electron chi connectivity index (χ3n) is 9.46. The molecule has 0 spiro atoms.